The second-order valence-electron chi connectivity index (χ2n) is 8.51. The van der Waals surface area contributed by atoms with E-state index in [1.165, 1.54) is 0 Å². The number of amides is 1. The Kier molecular flexibility index (Phi) is 5.59. The molecule has 1 aromatic rings. The van der Waals surface area contributed by atoms with Crippen LogP contribution >= 0.6 is 0 Å². The number of rotatable bonds is 5. The molecule has 1 atom stereocenters. The van der Waals surface area contributed by atoms with Crippen LogP contribution in [0.15, 0.2) is 82.8 Å². The predicted octanol–water partition coefficient (Wildman–Crippen LogP) is 1.96. The number of carbonyl (C=O) groups excluding carboxylic acids is 1. The van der Waals surface area contributed by atoms with Crippen molar-refractivity contribution < 1.29 is 17.8 Å². The maximum Gasteiger partial charge on any atom is 0.297 e. The van der Waals surface area contributed by atoms with Crippen molar-refractivity contribution in [2.24, 2.45) is 0 Å². The van der Waals surface area contributed by atoms with E-state index in [4.69, 9.17) is 0 Å². The van der Waals surface area contributed by atoms with Gasteiger partial charge in [0, 0.05) is 25.7 Å². The third-order valence-corrected chi connectivity index (χ3v) is 7.28. The number of nitrogens with zero attached hydrogens (tertiary/aromatic N) is 2. The SMILES string of the molecule is O=C(NC1CCN(C=Cc2ccccc2)CC1)C1=CC2CNC3=CC=CC(=C1S(=O)(=O)O)N32. The lowest BCUT2D eigenvalue weighted by atomic mass is 10.0. The number of hydrogen-bond acceptors (Lipinski definition) is 6. The molecular weight excluding hydrogens is 440 g/mol. The van der Waals surface area contributed by atoms with Crippen molar-refractivity contribution in [3.8, 4) is 0 Å². The standard InChI is InChI=1S/C24H26N4O4S/c29-24(26-18-10-13-27(14-11-18)12-9-17-5-2-1-3-6-17)20-15-19-16-25-22-8-4-7-21(28(19)22)23(20)33(30,31)32/h1-9,12,15,18-19,25H,10-11,13-14,16H2,(H,26,29)(H,30,31,32). The summed E-state index contributed by atoms with van der Waals surface area (Å²) in [5, 5.41) is 6.20. The highest BCUT2D eigenvalue weighted by atomic mass is 32.2. The van der Waals surface area contributed by atoms with Gasteiger partial charge in [-0.1, -0.05) is 36.4 Å². The van der Waals surface area contributed by atoms with Crippen LogP contribution in [0.1, 0.15) is 18.4 Å². The summed E-state index contributed by atoms with van der Waals surface area (Å²) < 4.78 is 34.5. The van der Waals surface area contributed by atoms with Crippen LogP contribution in [0, 0.1) is 0 Å². The molecule has 4 aliphatic heterocycles. The average Bonchev–Trinajstić information content (AvgIpc) is 3.23. The summed E-state index contributed by atoms with van der Waals surface area (Å²) in [6.07, 6.45) is 12.4. The van der Waals surface area contributed by atoms with Crippen LogP contribution in [-0.4, -0.2) is 60.4 Å². The molecule has 0 radical (unpaired) electrons. The van der Waals surface area contributed by atoms with Crippen molar-refractivity contribution in [3.05, 3.63) is 88.4 Å². The van der Waals surface area contributed by atoms with Crippen molar-refractivity contribution in [2.45, 2.75) is 24.9 Å². The van der Waals surface area contributed by atoms with Gasteiger partial charge in [-0.25, -0.2) is 0 Å². The number of benzene rings is 1. The van der Waals surface area contributed by atoms with Gasteiger partial charge < -0.3 is 20.4 Å². The second kappa shape index (κ2) is 8.57. The van der Waals surface area contributed by atoms with Gasteiger partial charge in [0.1, 0.15) is 10.7 Å². The van der Waals surface area contributed by atoms with E-state index in [0.29, 0.717) is 12.2 Å². The number of hydrogen-bond donors (Lipinski definition) is 3. The number of allylic oxidation sites excluding steroid dienone is 3. The van der Waals surface area contributed by atoms with Crippen LogP contribution in [0.25, 0.3) is 6.08 Å². The van der Waals surface area contributed by atoms with Crippen LogP contribution in [0.2, 0.25) is 0 Å². The number of carbonyl (C=O) groups is 1. The lowest BCUT2D eigenvalue weighted by molar-refractivity contribution is -0.118. The minimum absolute atomic E-state index is 0.00903. The summed E-state index contributed by atoms with van der Waals surface area (Å²) in [7, 11) is -4.61. The van der Waals surface area contributed by atoms with Gasteiger partial charge in [-0.2, -0.15) is 8.42 Å². The van der Waals surface area contributed by atoms with Crippen LogP contribution in [0.5, 0.6) is 0 Å². The molecule has 33 heavy (non-hydrogen) atoms. The third kappa shape index (κ3) is 4.34. The first-order valence-electron chi connectivity index (χ1n) is 11.0. The minimum atomic E-state index is -4.61. The van der Waals surface area contributed by atoms with E-state index < -0.39 is 16.0 Å². The summed E-state index contributed by atoms with van der Waals surface area (Å²) in [6.45, 7) is 2.13. The first-order chi connectivity index (χ1) is 15.9. The Morgan fingerprint density at radius 1 is 1.18 bits per heavy atom. The lowest BCUT2D eigenvalue weighted by Gasteiger charge is -2.34. The van der Waals surface area contributed by atoms with Gasteiger partial charge in [-0.05, 0) is 48.9 Å². The maximum atomic E-state index is 13.2. The normalized spacial score (nSPS) is 22.8. The fourth-order valence-electron chi connectivity index (χ4n) is 4.71. The lowest BCUT2D eigenvalue weighted by Crippen LogP contribution is -2.45. The molecule has 2 fully saturated rings. The largest absolute Gasteiger partial charge is 0.377 e. The first kappa shape index (κ1) is 21.5. The second-order valence-corrected chi connectivity index (χ2v) is 9.87. The highest BCUT2D eigenvalue weighted by Crippen LogP contribution is 2.37. The molecule has 1 unspecified atom stereocenters. The molecule has 0 aliphatic carbocycles. The minimum Gasteiger partial charge on any atom is -0.377 e. The molecule has 0 spiro atoms. The van der Waals surface area contributed by atoms with E-state index in [2.05, 4.69) is 27.8 Å². The molecule has 2 saturated heterocycles. The summed E-state index contributed by atoms with van der Waals surface area (Å²) in [5.41, 5.74) is 1.46. The number of likely N-dealkylation sites (tertiary alicyclic amines) is 1. The number of piperidine rings is 1. The molecule has 1 amide bonds. The molecule has 1 aromatic carbocycles. The summed E-state index contributed by atoms with van der Waals surface area (Å²) in [6, 6.07) is 9.82. The van der Waals surface area contributed by atoms with Crippen molar-refractivity contribution in [1.82, 2.24) is 20.4 Å². The predicted molar refractivity (Wildman–Crippen MR) is 126 cm³/mol. The van der Waals surface area contributed by atoms with Gasteiger partial charge in [0.15, 0.2) is 0 Å². The Hall–Kier alpha value is -3.30. The van der Waals surface area contributed by atoms with E-state index in [-0.39, 0.29) is 22.6 Å². The van der Waals surface area contributed by atoms with E-state index in [1.54, 1.807) is 23.1 Å². The fraction of sp³-hybridized carbons (Fsp3) is 0.292. The van der Waals surface area contributed by atoms with Crippen molar-refractivity contribution >= 4 is 22.1 Å². The van der Waals surface area contributed by atoms with Gasteiger partial charge in [0.25, 0.3) is 16.0 Å². The highest BCUT2D eigenvalue weighted by molar-refractivity contribution is 7.90. The summed E-state index contributed by atoms with van der Waals surface area (Å²) >= 11 is 0. The Morgan fingerprint density at radius 2 is 1.94 bits per heavy atom. The monoisotopic (exact) mass is 466 g/mol. The smallest absolute Gasteiger partial charge is 0.297 e. The molecular formula is C24H26N4O4S. The van der Waals surface area contributed by atoms with Crippen molar-refractivity contribution in [3.63, 3.8) is 0 Å². The van der Waals surface area contributed by atoms with Crippen LogP contribution in [-0.2, 0) is 14.9 Å². The molecule has 4 aliphatic rings. The average molecular weight is 467 g/mol. The Bertz CT molecular complexity index is 1210. The Balaban J connectivity index is 1.28. The van der Waals surface area contributed by atoms with Gasteiger partial charge in [0.05, 0.1) is 17.3 Å². The molecule has 0 saturated carbocycles. The molecule has 0 aromatic heterocycles. The molecule has 172 valence electrons. The Labute approximate surface area is 193 Å². The zero-order chi connectivity index (χ0) is 23.0. The zero-order valence-electron chi connectivity index (χ0n) is 18.0. The molecule has 9 heteroatoms. The third-order valence-electron chi connectivity index (χ3n) is 6.33. The molecule has 0 bridgehead atoms. The molecule has 4 heterocycles. The van der Waals surface area contributed by atoms with Gasteiger partial charge in [-0.15, -0.1) is 0 Å². The van der Waals surface area contributed by atoms with E-state index in [9.17, 15) is 17.8 Å². The van der Waals surface area contributed by atoms with Crippen LogP contribution in [0.4, 0.5) is 0 Å². The van der Waals surface area contributed by atoms with Crippen LogP contribution < -0.4 is 10.6 Å². The molecule has 8 nitrogen and oxygen atoms in total. The first-order valence-corrected chi connectivity index (χ1v) is 12.5. The van der Waals surface area contributed by atoms with E-state index >= 15 is 0 Å². The summed E-state index contributed by atoms with van der Waals surface area (Å²) in [4.78, 5) is 16.8. The fourth-order valence-corrected chi connectivity index (χ4v) is 5.58. The molecule has 3 N–H and O–H groups in total. The van der Waals surface area contributed by atoms with E-state index in [1.807, 2.05) is 36.4 Å². The van der Waals surface area contributed by atoms with Gasteiger partial charge in [0.2, 0.25) is 0 Å². The maximum absolute atomic E-state index is 13.2. The van der Waals surface area contributed by atoms with Crippen molar-refractivity contribution in [2.75, 3.05) is 19.6 Å². The highest BCUT2D eigenvalue weighted by Gasteiger charge is 2.41. The molecule has 5 rings (SSSR count). The van der Waals surface area contributed by atoms with Crippen LogP contribution in [0.3, 0.4) is 0 Å². The summed E-state index contributed by atoms with van der Waals surface area (Å²) in [5.74, 6) is 0.287. The van der Waals surface area contributed by atoms with Gasteiger partial charge in [-0.3, -0.25) is 9.35 Å². The van der Waals surface area contributed by atoms with Gasteiger partial charge >= 0.3 is 0 Å². The zero-order valence-corrected chi connectivity index (χ0v) is 18.8. The number of nitrogens with one attached hydrogen (secondary N) is 2. The topological polar surface area (TPSA) is 102 Å². The quantitative estimate of drug-likeness (QED) is 0.570. The Morgan fingerprint density at radius 3 is 2.67 bits per heavy atom. The van der Waals surface area contributed by atoms with E-state index in [0.717, 1.165) is 37.3 Å². The van der Waals surface area contributed by atoms with Crippen molar-refractivity contribution in [1.29, 1.82) is 0 Å².